The zero-order valence-corrected chi connectivity index (χ0v) is 18.9. The van der Waals surface area contributed by atoms with Crippen molar-refractivity contribution in [1.29, 1.82) is 0 Å². The molecular weight excluding hydrogens is 460 g/mol. The first-order valence-corrected chi connectivity index (χ1v) is 10.7. The summed E-state index contributed by atoms with van der Waals surface area (Å²) in [5.41, 5.74) is 0.284. The van der Waals surface area contributed by atoms with E-state index in [9.17, 15) is 21.8 Å². The van der Waals surface area contributed by atoms with Crippen molar-refractivity contribution in [3.05, 3.63) is 34.2 Å². The first-order chi connectivity index (χ1) is 12.5. The summed E-state index contributed by atoms with van der Waals surface area (Å²) in [6.45, 7) is 9.25. The van der Waals surface area contributed by atoms with Crippen molar-refractivity contribution >= 4 is 37.8 Å². The number of alkyl halides is 3. The third kappa shape index (κ3) is 5.16. The van der Waals surface area contributed by atoms with E-state index in [1.165, 1.54) is 26.1 Å². The predicted octanol–water partition coefficient (Wildman–Crippen LogP) is 6.03. The number of hydrogen-bond acceptors (Lipinski definition) is 1. The number of nitrogens with zero attached hydrogens (tertiary/aromatic N) is 1. The summed E-state index contributed by atoms with van der Waals surface area (Å²) in [4.78, 5) is 0. The van der Waals surface area contributed by atoms with Crippen LogP contribution in [0, 0.1) is 11.2 Å². The normalized spacial score (nSPS) is 15.8. The lowest BCUT2D eigenvalue weighted by Crippen LogP contribution is -2.37. The minimum Gasteiger partial charge on any atom is -0.347 e. The fourth-order valence-electron chi connectivity index (χ4n) is 3.21. The van der Waals surface area contributed by atoms with Crippen molar-refractivity contribution in [2.75, 3.05) is 0 Å². The molecule has 0 saturated heterocycles. The standard InChI is InChI=1S/C19H25BrF4N2OS/c1-17(2,3)10-26-9-12(11-6-15(21)14(20)7-16(11)26)13(19(22,23)24)8-18(4,5)28(25)27/h6-7,9,13H,8,10,25H2,1-5H3/t13-,28?/m0/s1. The van der Waals surface area contributed by atoms with Gasteiger partial charge in [0, 0.05) is 23.6 Å². The van der Waals surface area contributed by atoms with Gasteiger partial charge in [0.25, 0.3) is 0 Å². The van der Waals surface area contributed by atoms with Crippen LogP contribution in [0.4, 0.5) is 17.6 Å². The van der Waals surface area contributed by atoms with Gasteiger partial charge in [0.2, 0.25) is 0 Å². The van der Waals surface area contributed by atoms with Crippen LogP contribution in [0.5, 0.6) is 0 Å². The molecule has 9 heteroatoms. The molecule has 0 fully saturated rings. The van der Waals surface area contributed by atoms with Crippen molar-refractivity contribution in [3.8, 4) is 0 Å². The molecule has 2 rings (SSSR count). The average Bonchev–Trinajstić information content (AvgIpc) is 2.80. The van der Waals surface area contributed by atoms with E-state index in [1.54, 1.807) is 4.57 Å². The van der Waals surface area contributed by atoms with Crippen molar-refractivity contribution in [2.24, 2.45) is 10.6 Å². The zero-order chi connectivity index (χ0) is 21.7. The van der Waals surface area contributed by atoms with Gasteiger partial charge in [-0.15, -0.1) is 0 Å². The van der Waals surface area contributed by atoms with Gasteiger partial charge >= 0.3 is 6.18 Å². The fraction of sp³-hybridized carbons (Fsp3) is 0.579. The van der Waals surface area contributed by atoms with Gasteiger partial charge in [-0.25, -0.2) is 8.60 Å². The van der Waals surface area contributed by atoms with Gasteiger partial charge in [-0.2, -0.15) is 13.2 Å². The Hall–Kier alpha value is -0.930. The minimum atomic E-state index is -4.60. The molecule has 1 aromatic carbocycles. The molecule has 0 spiro atoms. The summed E-state index contributed by atoms with van der Waals surface area (Å²) < 4.78 is 68.6. The van der Waals surface area contributed by atoms with E-state index in [4.69, 9.17) is 5.14 Å². The zero-order valence-electron chi connectivity index (χ0n) is 16.5. The molecule has 0 saturated carbocycles. The van der Waals surface area contributed by atoms with Crippen LogP contribution in [0.2, 0.25) is 0 Å². The number of rotatable bonds is 5. The van der Waals surface area contributed by atoms with Crippen LogP contribution in [0.15, 0.2) is 22.8 Å². The molecule has 1 aromatic heterocycles. The van der Waals surface area contributed by atoms with E-state index in [2.05, 4.69) is 15.9 Å². The van der Waals surface area contributed by atoms with Crippen molar-refractivity contribution in [3.63, 3.8) is 0 Å². The van der Waals surface area contributed by atoms with Crippen LogP contribution in [0.25, 0.3) is 10.9 Å². The Labute approximate surface area is 173 Å². The minimum absolute atomic E-state index is 0.0309. The van der Waals surface area contributed by atoms with Gasteiger partial charge in [-0.05, 0) is 59.3 Å². The van der Waals surface area contributed by atoms with Crippen LogP contribution in [0.3, 0.4) is 0 Å². The van der Waals surface area contributed by atoms with Crippen LogP contribution in [0.1, 0.15) is 52.5 Å². The highest BCUT2D eigenvalue weighted by molar-refractivity contribution is 9.10. The second kappa shape index (κ2) is 7.72. The predicted molar refractivity (Wildman–Crippen MR) is 109 cm³/mol. The SMILES string of the molecule is CC(C)(C)Cn1cc([C@H](CC(C)(C)S(N)=O)C(F)(F)F)c2cc(F)c(Br)cc21. The van der Waals surface area contributed by atoms with Crippen LogP contribution < -0.4 is 5.14 Å². The quantitative estimate of drug-likeness (QED) is 0.517. The molecule has 0 aliphatic carbocycles. The van der Waals surface area contributed by atoms with Gasteiger partial charge in [-0.3, -0.25) is 5.14 Å². The monoisotopic (exact) mass is 484 g/mol. The number of halogens is 5. The summed E-state index contributed by atoms with van der Waals surface area (Å²) in [6, 6.07) is 2.62. The largest absolute Gasteiger partial charge is 0.395 e. The fourth-order valence-corrected chi connectivity index (χ4v) is 3.87. The lowest BCUT2D eigenvalue weighted by atomic mass is 9.89. The molecule has 1 unspecified atom stereocenters. The number of nitrogens with two attached hydrogens (primary N) is 1. The Morgan fingerprint density at radius 1 is 1.18 bits per heavy atom. The Morgan fingerprint density at radius 2 is 1.75 bits per heavy atom. The van der Waals surface area contributed by atoms with Crippen LogP contribution >= 0.6 is 15.9 Å². The van der Waals surface area contributed by atoms with E-state index >= 15 is 0 Å². The Morgan fingerprint density at radius 3 is 2.21 bits per heavy atom. The van der Waals surface area contributed by atoms with Crippen LogP contribution in [-0.4, -0.2) is 19.7 Å². The molecule has 2 atom stereocenters. The maximum atomic E-state index is 14.2. The molecule has 3 nitrogen and oxygen atoms in total. The third-order valence-electron chi connectivity index (χ3n) is 4.61. The average molecular weight is 485 g/mol. The summed E-state index contributed by atoms with van der Waals surface area (Å²) in [7, 11) is -1.94. The molecule has 2 N–H and O–H groups in total. The van der Waals surface area contributed by atoms with Crippen LogP contribution in [-0.2, 0) is 17.5 Å². The van der Waals surface area contributed by atoms with E-state index in [1.807, 2.05) is 20.8 Å². The van der Waals surface area contributed by atoms with E-state index < -0.39 is 40.1 Å². The number of aromatic nitrogens is 1. The smallest absolute Gasteiger partial charge is 0.347 e. The molecule has 2 aromatic rings. The topological polar surface area (TPSA) is 48.0 Å². The highest BCUT2D eigenvalue weighted by atomic mass is 79.9. The van der Waals surface area contributed by atoms with Crippen molar-refractivity contribution < 1.29 is 21.8 Å². The molecule has 0 amide bonds. The Balaban J connectivity index is 2.74. The molecule has 158 valence electrons. The highest BCUT2D eigenvalue weighted by Gasteiger charge is 2.46. The van der Waals surface area contributed by atoms with E-state index in [0.717, 1.165) is 6.07 Å². The highest BCUT2D eigenvalue weighted by Crippen LogP contribution is 2.45. The molecular formula is C19H25BrF4N2OS. The lowest BCUT2D eigenvalue weighted by Gasteiger charge is -2.29. The molecule has 1 heterocycles. The maximum Gasteiger partial charge on any atom is 0.395 e. The van der Waals surface area contributed by atoms with E-state index in [0.29, 0.717) is 12.1 Å². The van der Waals surface area contributed by atoms with Gasteiger partial charge in [0.05, 0.1) is 26.1 Å². The molecule has 0 aliphatic heterocycles. The Bertz CT molecular complexity index is 900. The number of benzene rings is 1. The Kier molecular flexibility index (Phi) is 6.44. The molecule has 0 bridgehead atoms. The third-order valence-corrected chi connectivity index (χ3v) is 6.47. The van der Waals surface area contributed by atoms with Gasteiger partial charge in [-0.1, -0.05) is 20.8 Å². The number of hydrogen-bond donors (Lipinski definition) is 1. The molecule has 28 heavy (non-hydrogen) atoms. The second-order valence-corrected chi connectivity index (χ2v) is 11.5. The second-order valence-electron chi connectivity index (χ2n) is 8.91. The van der Waals surface area contributed by atoms with E-state index in [-0.39, 0.29) is 20.8 Å². The molecule has 0 radical (unpaired) electrons. The van der Waals surface area contributed by atoms with Gasteiger partial charge in [0.1, 0.15) is 5.82 Å². The van der Waals surface area contributed by atoms with Crippen molar-refractivity contribution in [1.82, 2.24) is 4.57 Å². The lowest BCUT2D eigenvalue weighted by molar-refractivity contribution is -0.152. The van der Waals surface area contributed by atoms with Crippen molar-refractivity contribution in [2.45, 2.75) is 64.4 Å². The molecule has 0 aliphatic rings. The van der Waals surface area contributed by atoms with Gasteiger partial charge in [0.15, 0.2) is 0 Å². The summed E-state index contributed by atoms with van der Waals surface area (Å²) in [5, 5.41) is 5.62. The summed E-state index contributed by atoms with van der Waals surface area (Å²) in [6.07, 6.45) is -3.62. The first kappa shape index (κ1) is 23.3. The number of fused-ring (bicyclic) bond motifs is 1. The van der Waals surface area contributed by atoms with Gasteiger partial charge < -0.3 is 4.57 Å². The summed E-state index contributed by atoms with van der Waals surface area (Å²) >= 11 is 3.12. The first-order valence-electron chi connectivity index (χ1n) is 8.74. The summed E-state index contributed by atoms with van der Waals surface area (Å²) in [5.74, 6) is -2.55. The maximum absolute atomic E-state index is 14.2.